The van der Waals surface area contributed by atoms with Gasteiger partial charge in [0.25, 0.3) is 0 Å². The summed E-state index contributed by atoms with van der Waals surface area (Å²) in [6.45, 7) is 8.56. The molecule has 88 valence electrons. The Morgan fingerprint density at radius 3 is 2.67 bits per heavy atom. The third-order valence-corrected chi connectivity index (χ3v) is 2.57. The summed E-state index contributed by atoms with van der Waals surface area (Å²) in [6, 6.07) is 0.510. The SMILES string of the molecule is CN(CC(=O)NC(C)(C)C)C1CCNC1. The average Bonchev–Trinajstić information content (AvgIpc) is 2.50. The lowest BCUT2D eigenvalue weighted by Gasteiger charge is -2.26. The van der Waals surface area contributed by atoms with Gasteiger partial charge in [0.15, 0.2) is 0 Å². The standard InChI is InChI=1S/C11H23N3O/c1-11(2,3)13-10(15)8-14(4)9-5-6-12-7-9/h9,12H,5-8H2,1-4H3,(H,13,15). The van der Waals surface area contributed by atoms with Gasteiger partial charge in [-0.25, -0.2) is 0 Å². The average molecular weight is 213 g/mol. The van der Waals surface area contributed by atoms with Gasteiger partial charge in [-0.3, -0.25) is 9.69 Å². The molecule has 1 saturated heterocycles. The summed E-state index contributed by atoms with van der Waals surface area (Å²) < 4.78 is 0. The molecular formula is C11H23N3O. The first-order valence-electron chi connectivity index (χ1n) is 5.60. The van der Waals surface area contributed by atoms with Crippen molar-refractivity contribution in [2.24, 2.45) is 0 Å². The van der Waals surface area contributed by atoms with Crippen molar-refractivity contribution in [2.75, 3.05) is 26.7 Å². The number of rotatable bonds is 3. The molecule has 1 heterocycles. The van der Waals surface area contributed by atoms with Crippen LogP contribution in [0.25, 0.3) is 0 Å². The van der Waals surface area contributed by atoms with E-state index in [1.165, 1.54) is 0 Å². The van der Waals surface area contributed by atoms with Crippen molar-refractivity contribution in [1.29, 1.82) is 0 Å². The molecule has 0 aromatic carbocycles. The molecule has 0 aromatic rings. The number of hydrogen-bond acceptors (Lipinski definition) is 3. The Morgan fingerprint density at radius 1 is 1.53 bits per heavy atom. The third kappa shape index (κ3) is 4.62. The Hall–Kier alpha value is -0.610. The normalized spacial score (nSPS) is 22.1. The molecule has 0 saturated carbocycles. The van der Waals surface area contributed by atoms with Crippen LogP contribution in [0.1, 0.15) is 27.2 Å². The van der Waals surface area contributed by atoms with Crippen molar-refractivity contribution in [3.8, 4) is 0 Å². The van der Waals surface area contributed by atoms with Crippen molar-refractivity contribution >= 4 is 5.91 Å². The number of amides is 1. The minimum absolute atomic E-state index is 0.108. The van der Waals surface area contributed by atoms with E-state index in [0.717, 1.165) is 19.5 Å². The lowest BCUT2D eigenvalue weighted by Crippen LogP contribution is -2.47. The minimum Gasteiger partial charge on any atom is -0.350 e. The van der Waals surface area contributed by atoms with Gasteiger partial charge in [-0.05, 0) is 40.8 Å². The Bertz CT molecular complexity index is 216. The van der Waals surface area contributed by atoms with Gasteiger partial charge in [-0.15, -0.1) is 0 Å². The highest BCUT2D eigenvalue weighted by Gasteiger charge is 2.22. The second-order valence-corrected chi connectivity index (χ2v) is 5.36. The fourth-order valence-corrected chi connectivity index (χ4v) is 1.83. The van der Waals surface area contributed by atoms with Crippen LogP contribution in [0, 0.1) is 0 Å². The predicted molar refractivity (Wildman–Crippen MR) is 61.8 cm³/mol. The van der Waals surface area contributed by atoms with E-state index in [9.17, 15) is 4.79 Å². The molecule has 0 spiro atoms. The number of likely N-dealkylation sites (N-methyl/N-ethyl adjacent to an activating group) is 1. The van der Waals surface area contributed by atoms with E-state index in [1.54, 1.807) is 0 Å². The molecular weight excluding hydrogens is 190 g/mol. The minimum atomic E-state index is -0.133. The van der Waals surface area contributed by atoms with Crippen LogP contribution in [-0.4, -0.2) is 49.1 Å². The summed E-state index contributed by atoms with van der Waals surface area (Å²) >= 11 is 0. The fourth-order valence-electron chi connectivity index (χ4n) is 1.83. The lowest BCUT2D eigenvalue weighted by atomic mass is 10.1. The molecule has 0 aromatic heterocycles. The molecule has 1 amide bonds. The van der Waals surface area contributed by atoms with Gasteiger partial charge < -0.3 is 10.6 Å². The van der Waals surface area contributed by atoms with E-state index in [2.05, 4.69) is 15.5 Å². The quantitative estimate of drug-likeness (QED) is 0.703. The van der Waals surface area contributed by atoms with E-state index in [1.807, 2.05) is 27.8 Å². The maximum Gasteiger partial charge on any atom is 0.234 e. The first-order chi connectivity index (χ1) is 6.88. The van der Waals surface area contributed by atoms with Crippen molar-refractivity contribution in [3.05, 3.63) is 0 Å². The summed E-state index contributed by atoms with van der Waals surface area (Å²) in [5.74, 6) is 0.108. The molecule has 0 bridgehead atoms. The second-order valence-electron chi connectivity index (χ2n) is 5.36. The van der Waals surface area contributed by atoms with Gasteiger partial charge in [0.05, 0.1) is 6.54 Å². The van der Waals surface area contributed by atoms with Crippen LogP contribution in [0.2, 0.25) is 0 Å². The zero-order valence-corrected chi connectivity index (χ0v) is 10.3. The van der Waals surface area contributed by atoms with Crippen LogP contribution >= 0.6 is 0 Å². The maximum absolute atomic E-state index is 11.7. The van der Waals surface area contributed by atoms with Crippen LogP contribution in [0.5, 0.6) is 0 Å². The summed E-state index contributed by atoms with van der Waals surface area (Å²) in [6.07, 6.45) is 1.14. The van der Waals surface area contributed by atoms with Crippen LogP contribution in [-0.2, 0) is 4.79 Å². The number of nitrogens with one attached hydrogen (secondary N) is 2. The summed E-state index contributed by atoms with van der Waals surface area (Å²) in [7, 11) is 2.01. The zero-order valence-electron chi connectivity index (χ0n) is 10.3. The van der Waals surface area contributed by atoms with Crippen molar-refractivity contribution < 1.29 is 4.79 Å². The fraction of sp³-hybridized carbons (Fsp3) is 0.909. The van der Waals surface area contributed by atoms with Crippen molar-refractivity contribution in [2.45, 2.75) is 38.8 Å². The molecule has 1 fully saturated rings. The van der Waals surface area contributed by atoms with E-state index in [-0.39, 0.29) is 11.4 Å². The molecule has 1 aliphatic rings. The molecule has 0 radical (unpaired) electrons. The number of carbonyl (C=O) groups is 1. The highest BCUT2D eigenvalue weighted by Crippen LogP contribution is 2.06. The summed E-state index contributed by atoms with van der Waals surface area (Å²) in [4.78, 5) is 13.8. The summed E-state index contributed by atoms with van der Waals surface area (Å²) in [5.41, 5.74) is -0.133. The number of hydrogen-bond donors (Lipinski definition) is 2. The number of nitrogens with zero attached hydrogens (tertiary/aromatic N) is 1. The van der Waals surface area contributed by atoms with Crippen LogP contribution < -0.4 is 10.6 Å². The molecule has 1 rings (SSSR count). The second kappa shape index (κ2) is 4.94. The van der Waals surface area contributed by atoms with Crippen LogP contribution in [0.15, 0.2) is 0 Å². The van der Waals surface area contributed by atoms with Crippen molar-refractivity contribution in [1.82, 2.24) is 15.5 Å². The Labute approximate surface area is 92.4 Å². The Balaban J connectivity index is 2.30. The molecule has 15 heavy (non-hydrogen) atoms. The van der Waals surface area contributed by atoms with E-state index in [0.29, 0.717) is 12.6 Å². The highest BCUT2D eigenvalue weighted by molar-refractivity contribution is 5.78. The molecule has 0 aliphatic carbocycles. The molecule has 1 unspecified atom stereocenters. The van der Waals surface area contributed by atoms with Crippen molar-refractivity contribution in [3.63, 3.8) is 0 Å². The van der Waals surface area contributed by atoms with Gasteiger partial charge >= 0.3 is 0 Å². The smallest absolute Gasteiger partial charge is 0.234 e. The first kappa shape index (κ1) is 12.5. The van der Waals surface area contributed by atoms with Gasteiger partial charge in [-0.2, -0.15) is 0 Å². The van der Waals surface area contributed by atoms with E-state index in [4.69, 9.17) is 0 Å². The monoisotopic (exact) mass is 213 g/mol. The highest BCUT2D eigenvalue weighted by atomic mass is 16.2. The Kier molecular flexibility index (Phi) is 4.11. The van der Waals surface area contributed by atoms with E-state index >= 15 is 0 Å². The van der Waals surface area contributed by atoms with Gasteiger partial charge in [0.2, 0.25) is 5.91 Å². The molecule has 4 nitrogen and oxygen atoms in total. The molecule has 2 N–H and O–H groups in total. The van der Waals surface area contributed by atoms with Crippen LogP contribution in [0.3, 0.4) is 0 Å². The summed E-state index contributed by atoms with van der Waals surface area (Å²) in [5, 5.41) is 6.27. The van der Waals surface area contributed by atoms with Gasteiger partial charge in [-0.1, -0.05) is 0 Å². The number of carbonyl (C=O) groups excluding carboxylic acids is 1. The third-order valence-electron chi connectivity index (χ3n) is 2.57. The van der Waals surface area contributed by atoms with Gasteiger partial charge in [0, 0.05) is 18.1 Å². The first-order valence-corrected chi connectivity index (χ1v) is 5.60. The molecule has 1 atom stereocenters. The molecule has 4 heteroatoms. The predicted octanol–water partition coefficient (Wildman–Crippen LogP) is 0.195. The largest absolute Gasteiger partial charge is 0.350 e. The Morgan fingerprint density at radius 2 is 2.20 bits per heavy atom. The van der Waals surface area contributed by atoms with Gasteiger partial charge in [0.1, 0.15) is 0 Å². The zero-order chi connectivity index (χ0) is 11.5. The lowest BCUT2D eigenvalue weighted by molar-refractivity contribution is -0.123. The maximum atomic E-state index is 11.7. The topological polar surface area (TPSA) is 44.4 Å². The van der Waals surface area contributed by atoms with E-state index < -0.39 is 0 Å². The van der Waals surface area contributed by atoms with Crippen LogP contribution in [0.4, 0.5) is 0 Å². The molecule has 1 aliphatic heterocycles.